The summed E-state index contributed by atoms with van der Waals surface area (Å²) in [6.07, 6.45) is -1.15. The van der Waals surface area contributed by atoms with Gasteiger partial charge in [-0.1, -0.05) is 23.5 Å². The van der Waals surface area contributed by atoms with Gasteiger partial charge in [-0.2, -0.15) is 4.99 Å². The van der Waals surface area contributed by atoms with Crippen molar-refractivity contribution >= 4 is 33.7 Å². The second kappa shape index (κ2) is 4.61. The number of thiazole rings is 1. The number of carboxylic acid groups (broad SMARTS) is 1. The Morgan fingerprint density at radius 2 is 2.00 bits per heavy atom. The molecule has 0 radical (unpaired) electrons. The molecule has 0 unspecified atom stereocenters. The molecule has 2 rings (SSSR count). The molecule has 1 aromatic carbocycles. The number of aromatic nitrogens is 1. The van der Waals surface area contributed by atoms with Crippen LogP contribution in [0.5, 0.6) is 0 Å². The number of carbonyl (C=O) groups excluding carboxylic acids is 1. The van der Waals surface area contributed by atoms with Gasteiger partial charge in [0.1, 0.15) is 0 Å². The molecule has 0 saturated heterocycles. The lowest BCUT2D eigenvalue weighted by Crippen LogP contribution is -2.26. The number of benzene rings is 1. The molecule has 0 saturated carbocycles. The summed E-state index contributed by atoms with van der Waals surface area (Å²) in [6, 6.07) is 6.53. The van der Waals surface area contributed by atoms with Crippen LogP contribution in [0.15, 0.2) is 29.3 Å². The minimum Gasteiger partial charge on any atom is -0.464 e. The van der Waals surface area contributed by atoms with E-state index in [2.05, 4.69) is 4.99 Å². The lowest BCUT2D eigenvalue weighted by Gasteiger charge is -2.03. The van der Waals surface area contributed by atoms with Crippen molar-refractivity contribution < 1.29 is 14.7 Å². The van der Waals surface area contributed by atoms with Crippen molar-refractivity contribution in [3.05, 3.63) is 29.1 Å². The molecule has 1 N–H and O–H groups in total. The maximum absolute atomic E-state index is 11.5. The normalized spacial score (nSPS) is 11.8. The van der Waals surface area contributed by atoms with E-state index < -0.39 is 12.1 Å². The molecule has 2 amide bonds. The van der Waals surface area contributed by atoms with Crippen LogP contribution in [0.1, 0.15) is 0 Å². The largest absolute Gasteiger partial charge is 0.464 e. The number of nitrogens with zero attached hydrogens (tertiary/aromatic N) is 3. The zero-order valence-electron chi connectivity index (χ0n) is 9.82. The maximum Gasteiger partial charge on any atom is 0.418 e. The maximum atomic E-state index is 11.5. The third-order valence-electron chi connectivity index (χ3n) is 2.26. The Labute approximate surface area is 106 Å². The quantitative estimate of drug-likeness (QED) is 0.789. The van der Waals surface area contributed by atoms with Crippen molar-refractivity contribution in [2.75, 3.05) is 14.1 Å². The molecule has 0 atom stereocenters. The van der Waals surface area contributed by atoms with E-state index in [4.69, 9.17) is 0 Å². The van der Waals surface area contributed by atoms with Gasteiger partial charge in [-0.3, -0.25) is 0 Å². The number of hydrogen-bond donors (Lipinski definition) is 1. The number of para-hydroxylation sites is 1. The fraction of sp³-hybridized carbons (Fsp3) is 0.182. The summed E-state index contributed by atoms with van der Waals surface area (Å²) in [5, 5.41) is 9.19. The Kier molecular flexibility index (Phi) is 3.15. The first-order valence-electron chi connectivity index (χ1n) is 5.10. The fourth-order valence-electron chi connectivity index (χ4n) is 1.41. The molecule has 0 aliphatic carbocycles. The van der Waals surface area contributed by atoms with Crippen LogP contribution in [0, 0.1) is 0 Å². The lowest BCUT2D eigenvalue weighted by atomic mass is 10.3. The van der Waals surface area contributed by atoms with Crippen molar-refractivity contribution in [1.82, 2.24) is 9.47 Å². The van der Waals surface area contributed by atoms with Crippen molar-refractivity contribution in [2.24, 2.45) is 4.99 Å². The summed E-state index contributed by atoms with van der Waals surface area (Å²) in [5.41, 5.74) is 0.528. The number of fused-ring (bicyclic) bond motifs is 1. The van der Waals surface area contributed by atoms with Gasteiger partial charge in [0.25, 0.3) is 0 Å². The number of rotatable bonds is 0. The smallest absolute Gasteiger partial charge is 0.418 e. The predicted molar refractivity (Wildman–Crippen MR) is 67.9 cm³/mol. The SMILES string of the molecule is CN(C)C(=O)/N=c1\sc2ccccc2n1C(=O)O. The van der Waals surface area contributed by atoms with Crippen molar-refractivity contribution in [3.63, 3.8) is 0 Å². The Morgan fingerprint density at radius 3 is 2.61 bits per heavy atom. The van der Waals surface area contributed by atoms with Crippen molar-refractivity contribution in [2.45, 2.75) is 0 Å². The van der Waals surface area contributed by atoms with Gasteiger partial charge in [-0.05, 0) is 12.1 Å². The van der Waals surface area contributed by atoms with Gasteiger partial charge in [-0.15, -0.1) is 0 Å². The molecule has 0 aliphatic heterocycles. The molecule has 94 valence electrons. The Morgan fingerprint density at radius 1 is 1.33 bits per heavy atom. The van der Waals surface area contributed by atoms with Gasteiger partial charge in [-0.25, -0.2) is 14.2 Å². The summed E-state index contributed by atoms with van der Waals surface area (Å²) in [7, 11) is 3.12. The highest BCUT2D eigenvalue weighted by molar-refractivity contribution is 7.16. The third kappa shape index (κ3) is 2.12. The molecule has 1 aromatic heterocycles. The van der Waals surface area contributed by atoms with Crippen LogP contribution in [0.3, 0.4) is 0 Å². The average Bonchev–Trinajstić information content (AvgIpc) is 2.66. The van der Waals surface area contributed by atoms with Gasteiger partial charge in [0, 0.05) is 14.1 Å². The molecule has 0 bridgehead atoms. The Balaban J connectivity index is 2.75. The molecule has 6 nitrogen and oxygen atoms in total. The summed E-state index contributed by atoms with van der Waals surface area (Å²) in [6.45, 7) is 0. The first-order valence-corrected chi connectivity index (χ1v) is 5.92. The topological polar surface area (TPSA) is 74.9 Å². The summed E-state index contributed by atoms with van der Waals surface area (Å²) < 4.78 is 1.78. The summed E-state index contributed by atoms with van der Waals surface area (Å²) in [4.78, 5) is 28.0. The third-order valence-corrected chi connectivity index (χ3v) is 3.29. The first kappa shape index (κ1) is 12.3. The van der Waals surface area contributed by atoms with Gasteiger partial charge in [0.2, 0.25) is 4.80 Å². The minimum absolute atomic E-state index is 0.155. The van der Waals surface area contributed by atoms with Crippen molar-refractivity contribution in [1.29, 1.82) is 0 Å². The van der Waals surface area contributed by atoms with Gasteiger partial charge in [0.15, 0.2) is 0 Å². The summed E-state index contributed by atoms with van der Waals surface area (Å²) in [5.74, 6) is 0. The number of hydrogen-bond acceptors (Lipinski definition) is 3. The van der Waals surface area contributed by atoms with Crippen LogP contribution in [-0.4, -0.2) is 40.8 Å². The molecule has 0 spiro atoms. The molecule has 1 heterocycles. The monoisotopic (exact) mass is 265 g/mol. The molecular formula is C11H11N3O3S. The van der Waals surface area contributed by atoms with E-state index in [0.717, 1.165) is 9.27 Å². The van der Waals surface area contributed by atoms with Crippen molar-refractivity contribution in [3.8, 4) is 0 Å². The van der Waals surface area contributed by atoms with E-state index in [1.54, 1.807) is 32.3 Å². The highest BCUT2D eigenvalue weighted by Crippen LogP contribution is 2.16. The van der Waals surface area contributed by atoms with E-state index in [9.17, 15) is 14.7 Å². The van der Waals surface area contributed by atoms with Crippen LogP contribution < -0.4 is 4.80 Å². The van der Waals surface area contributed by atoms with Gasteiger partial charge in [0.05, 0.1) is 10.2 Å². The number of carbonyl (C=O) groups is 2. The summed E-state index contributed by atoms with van der Waals surface area (Å²) >= 11 is 1.17. The number of amides is 2. The molecule has 7 heteroatoms. The molecule has 0 aliphatic rings. The zero-order chi connectivity index (χ0) is 13.3. The van der Waals surface area contributed by atoms with Crippen LogP contribution in [-0.2, 0) is 0 Å². The van der Waals surface area contributed by atoms with E-state index in [-0.39, 0.29) is 4.80 Å². The fourth-order valence-corrected chi connectivity index (χ4v) is 2.41. The molecule has 18 heavy (non-hydrogen) atoms. The second-order valence-electron chi connectivity index (χ2n) is 3.76. The standard InChI is InChI=1S/C11H11N3O3S/c1-13(2)9(15)12-10-14(11(16)17)7-5-3-4-6-8(7)18-10/h3-6H,1-2H3,(H,16,17)/b12-10-. The van der Waals surface area contributed by atoms with Crippen LogP contribution >= 0.6 is 11.3 Å². The van der Waals surface area contributed by atoms with E-state index in [1.165, 1.54) is 16.2 Å². The van der Waals surface area contributed by atoms with Gasteiger partial charge < -0.3 is 10.0 Å². The minimum atomic E-state index is -1.15. The first-order chi connectivity index (χ1) is 8.50. The molecule has 2 aromatic rings. The zero-order valence-corrected chi connectivity index (χ0v) is 10.6. The lowest BCUT2D eigenvalue weighted by molar-refractivity contribution is 0.196. The van der Waals surface area contributed by atoms with Crippen LogP contribution in [0.25, 0.3) is 10.2 Å². The predicted octanol–water partition coefficient (Wildman–Crippen LogP) is 1.81. The Bertz CT molecular complexity index is 684. The number of urea groups is 1. The van der Waals surface area contributed by atoms with Crippen LogP contribution in [0.4, 0.5) is 9.59 Å². The van der Waals surface area contributed by atoms with E-state index in [0.29, 0.717) is 5.52 Å². The van der Waals surface area contributed by atoms with E-state index in [1.807, 2.05) is 6.07 Å². The highest BCUT2D eigenvalue weighted by Gasteiger charge is 2.12. The van der Waals surface area contributed by atoms with Crippen LogP contribution in [0.2, 0.25) is 0 Å². The Hall–Kier alpha value is -2.15. The van der Waals surface area contributed by atoms with E-state index >= 15 is 0 Å². The molecule has 0 fully saturated rings. The van der Waals surface area contributed by atoms with Gasteiger partial charge >= 0.3 is 12.1 Å². The average molecular weight is 265 g/mol. The molecular weight excluding hydrogens is 254 g/mol. The second-order valence-corrected chi connectivity index (χ2v) is 4.77. The highest BCUT2D eigenvalue weighted by atomic mass is 32.1.